The van der Waals surface area contributed by atoms with E-state index in [0.717, 1.165) is 19.4 Å². The number of carbonyl (C=O) groups is 1. The van der Waals surface area contributed by atoms with Crippen LogP contribution in [0.25, 0.3) is 0 Å². The summed E-state index contributed by atoms with van der Waals surface area (Å²) in [4.78, 5) is 13.5. The number of likely N-dealkylation sites (tertiary alicyclic amines) is 1. The van der Waals surface area contributed by atoms with Gasteiger partial charge in [0.2, 0.25) is 0 Å². The molecule has 0 saturated carbocycles. The highest BCUT2D eigenvalue weighted by Gasteiger charge is 2.23. The number of hydrogen-bond donors (Lipinski definition) is 2. The van der Waals surface area contributed by atoms with Crippen molar-refractivity contribution in [2.75, 3.05) is 13.1 Å². The molecule has 15 heavy (non-hydrogen) atoms. The maximum Gasteiger partial charge on any atom is 0.317 e. The van der Waals surface area contributed by atoms with Crippen LogP contribution in [0.5, 0.6) is 0 Å². The van der Waals surface area contributed by atoms with Gasteiger partial charge in [0.15, 0.2) is 0 Å². The van der Waals surface area contributed by atoms with E-state index in [2.05, 4.69) is 19.2 Å². The lowest BCUT2D eigenvalue weighted by molar-refractivity contribution is 0.0829. The SMILES string of the molecule is CC(C)C(C)NC(=O)N1CCCC(O)C1. The second-order valence-electron chi connectivity index (χ2n) is 4.72. The molecule has 0 aromatic carbocycles. The molecule has 1 saturated heterocycles. The van der Waals surface area contributed by atoms with E-state index < -0.39 is 0 Å². The number of piperidine rings is 1. The van der Waals surface area contributed by atoms with Gasteiger partial charge in [0.05, 0.1) is 6.10 Å². The molecule has 0 aliphatic carbocycles. The molecular weight excluding hydrogens is 192 g/mol. The van der Waals surface area contributed by atoms with Gasteiger partial charge in [-0.2, -0.15) is 0 Å². The first-order valence-electron chi connectivity index (χ1n) is 5.74. The fourth-order valence-electron chi connectivity index (χ4n) is 1.59. The zero-order valence-corrected chi connectivity index (χ0v) is 9.86. The number of aliphatic hydroxyl groups excluding tert-OH is 1. The average molecular weight is 214 g/mol. The van der Waals surface area contributed by atoms with Crippen LogP contribution < -0.4 is 5.32 Å². The summed E-state index contributed by atoms with van der Waals surface area (Å²) in [6, 6.07) is 0.131. The van der Waals surface area contributed by atoms with Gasteiger partial charge in [-0.15, -0.1) is 0 Å². The van der Waals surface area contributed by atoms with Crippen LogP contribution in [0.3, 0.4) is 0 Å². The number of carbonyl (C=O) groups excluding carboxylic acids is 1. The van der Waals surface area contributed by atoms with Gasteiger partial charge in [0, 0.05) is 19.1 Å². The van der Waals surface area contributed by atoms with Crippen molar-refractivity contribution in [1.82, 2.24) is 10.2 Å². The minimum absolute atomic E-state index is 0.0463. The van der Waals surface area contributed by atoms with Crippen LogP contribution in [-0.4, -0.2) is 41.3 Å². The molecule has 1 aliphatic rings. The summed E-state index contributed by atoms with van der Waals surface area (Å²) in [6.45, 7) is 7.39. The fourth-order valence-corrected chi connectivity index (χ4v) is 1.59. The summed E-state index contributed by atoms with van der Waals surface area (Å²) in [5, 5.41) is 12.4. The van der Waals surface area contributed by atoms with E-state index in [1.807, 2.05) is 6.92 Å². The smallest absolute Gasteiger partial charge is 0.317 e. The lowest BCUT2D eigenvalue weighted by Gasteiger charge is -2.31. The van der Waals surface area contributed by atoms with Crippen molar-refractivity contribution >= 4 is 6.03 Å². The fraction of sp³-hybridized carbons (Fsp3) is 0.909. The van der Waals surface area contributed by atoms with Crippen LogP contribution >= 0.6 is 0 Å². The lowest BCUT2D eigenvalue weighted by Crippen LogP contribution is -2.50. The predicted molar refractivity (Wildman–Crippen MR) is 59.6 cm³/mol. The van der Waals surface area contributed by atoms with E-state index in [-0.39, 0.29) is 18.2 Å². The number of hydrogen-bond acceptors (Lipinski definition) is 2. The highest BCUT2D eigenvalue weighted by Crippen LogP contribution is 2.10. The Balaban J connectivity index is 2.39. The quantitative estimate of drug-likeness (QED) is 0.725. The summed E-state index contributed by atoms with van der Waals surface area (Å²) in [7, 11) is 0. The molecule has 1 rings (SSSR count). The number of nitrogens with zero attached hydrogens (tertiary/aromatic N) is 1. The van der Waals surface area contributed by atoms with Gasteiger partial charge in [0.1, 0.15) is 0 Å². The van der Waals surface area contributed by atoms with Gasteiger partial charge < -0.3 is 15.3 Å². The summed E-state index contributed by atoms with van der Waals surface area (Å²) >= 11 is 0. The van der Waals surface area contributed by atoms with Crippen molar-refractivity contribution in [1.29, 1.82) is 0 Å². The molecule has 4 nitrogen and oxygen atoms in total. The summed E-state index contributed by atoms with van der Waals surface area (Å²) in [5.41, 5.74) is 0. The van der Waals surface area contributed by atoms with E-state index in [1.165, 1.54) is 0 Å². The van der Waals surface area contributed by atoms with Crippen LogP contribution in [0.1, 0.15) is 33.6 Å². The number of β-amino-alcohol motifs (C(OH)–C–C–N with tert-alkyl or cyclic N) is 1. The molecule has 0 bridgehead atoms. The molecule has 0 radical (unpaired) electrons. The lowest BCUT2D eigenvalue weighted by atomic mass is 10.1. The molecule has 2 N–H and O–H groups in total. The van der Waals surface area contributed by atoms with Crippen molar-refractivity contribution in [3.05, 3.63) is 0 Å². The number of urea groups is 1. The van der Waals surface area contributed by atoms with Crippen molar-refractivity contribution < 1.29 is 9.90 Å². The van der Waals surface area contributed by atoms with Crippen LogP contribution in [0.2, 0.25) is 0 Å². The number of nitrogens with one attached hydrogen (secondary N) is 1. The summed E-state index contributed by atoms with van der Waals surface area (Å²) < 4.78 is 0. The first-order valence-corrected chi connectivity index (χ1v) is 5.74. The molecule has 0 aromatic heterocycles. The Hall–Kier alpha value is -0.770. The Labute approximate surface area is 91.6 Å². The normalized spacial score (nSPS) is 24.1. The Bertz CT molecular complexity index is 219. The van der Waals surface area contributed by atoms with E-state index in [9.17, 15) is 9.90 Å². The van der Waals surface area contributed by atoms with E-state index in [0.29, 0.717) is 12.5 Å². The highest BCUT2D eigenvalue weighted by atomic mass is 16.3. The molecule has 1 fully saturated rings. The minimum Gasteiger partial charge on any atom is -0.391 e. The Morgan fingerprint density at radius 2 is 2.13 bits per heavy atom. The van der Waals surface area contributed by atoms with Crippen molar-refractivity contribution in [2.45, 2.75) is 45.8 Å². The van der Waals surface area contributed by atoms with Crippen LogP contribution in [0.15, 0.2) is 0 Å². The third-order valence-corrected chi connectivity index (χ3v) is 3.03. The molecule has 0 spiro atoms. The van der Waals surface area contributed by atoms with E-state index in [4.69, 9.17) is 0 Å². The molecule has 88 valence electrons. The minimum atomic E-state index is -0.348. The monoisotopic (exact) mass is 214 g/mol. The topological polar surface area (TPSA) is 52.6 Å². The molecule has 4 heteroatoms. The van der Waals surface area contributed by atoms with Crippen LogP contribution in [0.4, 0.5) is 4.79 Å². The first-order chi connectivity index (χ1) is 7.00. The zero-order valence-electron chi connectivity index (χ0n) is 9.86. The third-order valence-electron chi connectivity index (χ3n) is 3.03. The largest absolute Gasteiger partial charge is 0.391 e. The number of rotatable bonds is 2. The Kier molecular flexibility index (Phi) is 4.39. The highest BCUT2D eigenvalue weighted by molar-refractivity contribution is 5.74. The van der Waals surface area contributed by atoms with Gasteiger partial charge >= 0.3 is 6.03 Å². The van der Waals surface area contributed by atoms with Gasteiger partial charge in [-0.25, -0.2) is 4.79 Å². The second-order valence-corrected chi connectivity index (χ2v) is 4.72. The first kappa shape index (κ1) is 12.3. The third kappa shape index (κ3) is 3.70. The van der Waals surface area contributed by atoms with Crippen molar-refractivity contribution in [3.8, 4) is 0 Å². The van der Waals surface area contributed by atoms with Crippen molar-refractivity contribution in [2.24, 2.45) is 5.92 Å². The Morgan fingerprint density at radius 3 is 2.67 bits per heavy atom. The number of amides is 2. The van der Waals surface area contributed by atoms with Gasteiger partial charge in [-0.05, 0) is 25.7 Å². The van der Waals surface area contributed by atoms with Crippen LogP contribution in [-0.2, 0) is 0 Å². The molecule has 2 atom stereocenters. The van der Waals surface area contributed by atoms with E-state index >= 15 is 0 Å². The van der Waals surface area contributed by atoms with E-state index in [1.54, 1.807) is 4.90 Å². The molecule has 2 unspecified atom stereocenters. The van der Waals surface area contributed by atoms with Gasteiger partial charge in [-0.3, -0.25) is 0 Å². The summed E-state index contributed by atoms with van der Waals surface area (Å²) in [6.07, 6.45) is 1.35. The average Bonchev–Trinajstić information content (AvgIpc) is 2.17. The molecule has 1 heterocycles. The maximum atomic E-state index is 11.8. The molecule has 0 aromatic rings. The maximum absolute atomic E-state index is 11.8. The molecular formula is C11H22N2O2. The standard InChI is InChI=1S/C11H22N2O2/c1-8(2)9(3)12-11(15)13-6-4-5-10(14)7-13/h8-10,14H,4-7H2,1-3H3,(H,12,15). The second kappa shape index (κ2) is 5.35. The Morgan fingerprint density at radius 1 is 1.47 bits per heavy atom. The number of aliphatic hydroxyl groups is 1. The zero-order chi connectivity index (χ0) is 11.4. The van der Waals surface area contributed by atoms with Gasteiger partial charge in [0.25, 0.3) is 0 Å². The van der Waals surface area contributed by atoms with Gasteiger partial charge in [-0.1, -0.05) is 13.8 Å². The predicted octanol–water partition coefficient (Wildman–Crippen LogP) is 1.20. The molecule has 2 amide bonds. The molecule has 1 aliphatic heterocycles. The summed E-state index contributed by atoms with van der Waals surface area (Å²) in [5.74, 6) is 0.434. The van der Waals surface area contributed by atoms with Crippen molar-refractivity contribution in [3.63, 3.8) is 0 Å². The van der Waals surface area contributed by atoms with Crippen LogP contribution in [0, 0.1) is 5.92 Å².